The summed E-state index contributed by atoms with van der Waals surface area (Å²) >= 11 is 0. The smallest absolute Gasteiger partial charge is 0.416 e. The molecule has 1 atom stereocenters. The second-order valence-corrected chi connectivity index (χ2v) is 7.16. The second kappa shape index (κ2) is 9.15. The first-order valence-electron chi connectivity index (χ1n) is 9.21. The molecular weight excluding hydrogens is 417 g/mol. The van der Waals surface area contributed by atoms with Crippen molar-refractivity contribution in [1.29, 1.82) is 0 Å². The summed E-state index contributed by atoms with van der Waals surface area (Å²) in [6.07, 6.45) is -4.75. The molecule has 0 heterocycles. The fraction of sp³-hybridized carbons (Fsp3) is 0.333. The number of ether oxygens (including phenoxy) is 1. The van der Waals surface area contributed by atoms with Gasteiger partial charge in [0.05, 0.1) is 10.5 Å². The highest BCUT2D eigenvalue weighted by atomic mass is 19.4. The van der Waals surface area contributed by atoms with E-state index in [9.17, 15) is 32.9 Å². The average Bonchev–Trinajstić information content (AvgIpc) is 2.64. The number of carbonyl (C=O) groups excluding carboxylic acids is 2. The van der Waals surface area contributed by atoms with Gasteiger partial charge < -0.3 is 10.1 Å². The number of nitrogens with zero attached hydrogens (tertiary/aromatic N) is 1. The molecule has 0 saturated carbocycles. The number of nitrogens with one attached hydrogen (secondary N) is 1. The van der Waals surface area contributed by atoms with Crippen LogP contribution in [0.1, 0.15) is 39.5 Å². The van der Waals surface area contributed by atoms with Gasteiger partial charge in [-0.05, 0) is 51.0 Å². The zero-order valence-electron chi connectivity index (χ0n) is 17.3. The van der Waals surface area contributed by atoms with Crippen LogP contribution < -0.4 is 5.32 Å². The number of benzene rings is 2. The molecule has 0 aliphatic rings. The fourth-order valence-corrected chi connectivity index (χ4v) is 3.23. The standard InChI is InChI=1S/C21H21F3N2O5/c1-11-7-12(2)19(13(3)8-11)18(27)10-31-20(28)14(4)25-16-6-5-15(21(22,23)24)9-17(16)26(29)30/h5-9,14,25H,10H2,1-4H3/t14-/m1/s1. The van der Waals surface area contributed by atoms with Crippen LogP contribution >= 0.6 is 0 Å². The summed E-state index contributed by atoms with van der Waals surface area (Å²) in [5.41, 5.74) is 0.608. The van der Waals surface area contributed by atoms with Crippen LogP contribution in [0.25, 0.3) is 0 Å². The van der Waals surface area contributed by atoms with Gasteiger partial charge in [0.2, 0.25) is 5.78 Å². The van der Waals surface area contributed by atoms with Crippen LogP contribution in [0, 0.1) is 30.9 Å². The van der Waals surface area contributed by atoms with Crippen molar-refractivity contribution in [3.8, 4) is 0 Å². The summed E-state index contributed by atoms with van der Waals surface area (Å²) in [6, 6.07) is 4.43. The molecule has 0 radical (unpaired) electrons. The van der Waals surface area contributed by atoms with Gasteiger partial charge >= 0.3 is 12.1 Å². The number of nitro groups is 1. The van der Waals surface area contributed by atoms with Crippen LogP contribution in [0.5, 0.6) is 0 Å². The number of rotatable bonds is 7. The Labute approximate surface area is 176 Å². The summed E-state index contributed by atoms with van der Waals surface area (Å²) in [5.74, 6) is -1.29. The molecule has 10 heteroatoms. The SMILES string of the molecule is Cc1cc(C)c(C(=O)COC(=O)[C@@H](C)Nc2ccc(C(F)(F)F)cc2[N+](=O)[O-])c(C)c1. The Hall–Kier alpha value is -3.43. The van der Waals surface area contributed by atoms with Crippen LogP contribution in [0.3, 0.4) is 0 Å². The van der Waals surface area contributed by atoms with Gasteiger partial charge in [-0.15, -0.1) is 0 Å². The van der Waals surface area contributed by atoms with Crippen molar-refractivity contribution < 1.29 is 32.4 Å². The number of carbonyl (C=O) groups is 2. The molecule has 0 amide bonds. The van der Waals surface area contributed by atoms with E-state index in [1.807, 2.05) is 19.1 Å². The number of ketones is 1. The zero-order chi connectivity index (χ0) is 23.5. The fourth-order valence-electron chi connectivity index (χ4n) is 3.23. The van der Waals surface area contributed by atoms with Crippen LogP contribution in [-0.4, -0.2) is 29.3 Å². The van der Waals surface area contributed by atoms with Gasteiger partial charge in [-0.3, -0.25) is 14.9 Å². The first kappa shape index (κ1) is 23.8. The van der Waals surface area contributed by atoms with Gasteiger partial charge in [-0.2, -0.15) is 13.2 Å². The van der Waals surface area contributed by atoms with Crippen molar-refractivity contribution in [2.24, 2.45) is 0 Å². The molecule has 0 saturated heterocycles. The molecule has 7 nitrogen and oxygen atoms in total. The molecule has 166 valence electrons. The molecule has 0 fully saturated rings. The molecule has 0 aliphatic heterocycles. The minimum absolute atomic E-state index is 0.279. The molecule has 0 spiro atoms. The van der Waals surface area contributed by atoms with E-state index in [0.717, 1.165) is 22.8 Å². The van der Waals surface area contributed by atoms with Gasteiger partial charge in [0.25, 0.3) is 5.69 Å². The number of halogens is 3. The second-order valence-electron chi connectivity index (χ2n) is 7.16. The third-order valence-electron chi connectivity index (χ3n) is 4.55. The lowest BCUT2D eigenvalue weighted by atomic mass is 9.97. The molecule has 0 unspecified atom stereocenters. The van der Waals surface area contributed by atoms with E-state index in [4.69, 9.17) is 4.74 Å². The highest BCUT2D eigenvalue weighted by molar-refractivity contribution is 6.00. The maximum Gasteiger partial charge on any atom is 0.416 e. The Balaban J connectivity index is 2.10. The van der Waals surface area contributed by atoms with E-state index in [1.54, 1.807) is 13.8 Å². The Bertz CT molecular complexity index is 1010. The molecule has 0 aliphatic carbocycles. The molecule has 0 aromatic heterocycles. The lowest BCUT2D eigenvalue weighted by molar-refractivity contribution is -0.384. The van der Waals surface area contributed by atoms with Crippen LogP contribution in [0.15, 0.2) is 30.3 Å². The summed E-state index contributed by atoms with van der Waals surface area (Å²) < 4.78 is 43.4. The van der Waals surface area contributed by atoms with Gasteiger partial charge in [-0.25, -0.2) is 4.79 Å². The number of alkyl halides is 3. The van der Waals surface area contributed by atoms with Crippen molar-refractivity contribution in [1.82, 2.24) is 0 Å². The molecule has 31 heavy (non-hydrogen) atoms. The number of esters is 1. The summed E-state index contributed by atoms with van der Waals surface area (Å²) in [7, 11) is 0. The summed E-state index contributed by atoms with van der Waals surface area (Å²) in [5, 5.41) is 13.6. The van der Waals surface area contributed by atoms with Gasteiger partial charge in [0.1, 0.15) is 11.7 Å². The predicted molar refractivity (Wildman–Crippen MR) is 107 cm³/mol. The number of hydrogen-bond acceptors (Lipinski definition) is 6. The topological polar surface area (TPSA) is 98.5 Å². The average molecular weight is 438 g/mol. The number of nitro benzene ring substituents is 1. The summed E-state index contributed by atoms with van der Waals surface area (Å²) in [4.78, 5) is 34.9. The Morgan fingerprint density at radius 3 is 2.23 bits per heavy atom. The summed E-state index contributed by atoms with van der Waals surface area (Å²) in [6.45, 7) is 6.20. The number of aryl methyl sites for hydroxylation is 3. The molecule has 1 N–H and O–H groups in total. The first-order valence-corrected chi connectivity index (χ1v) is 9.21. The quantitative estimate of drug-likeness (QED) is 0.290. The largest absolute Gasteiger partial charge is 0.456 e. The molecule has 2 aromatic rings. The van der Waals surface area contributed by atoms with Crippen LogP contribution in [0.4, 0.5) is 24.5 Å². The maximum atomic E-state index is 12.8. The van der Waals surface area contributed by atoms with Crippen molar-refractivity contribution in [3.05, 3.63) is 68.3 Å². The van der Waals surface area contributed by atoms with Gasteiger partial charge in [0.15, 0.2) is 6.61 Å². The molecule has 2 rings (SSSR count). The Morgan fingerprint density at radius 2 is 1.71 bits per heavy atom. The van der Waals surface area contributed by atoms with Crippen molar-refractivity contribution in [2.45, 2.75) is 39.9 Å². The molecule has 2 aromatic carbocycles. The first-order chi connectivity index (χ1) is 14.3. The van der Waals surface area contributed by atoms with E-state index in [0.29, 0.717) is 17.7 Å². The van der Waals surface area contributed by atoms with Gasteiger partial charge in [0, 0.05) is 11.6 Å². The Morgan fingerprint density at radius 1 is 1.13 bits per heavy atom. The van der Waals surface area contributed by atoms with Crippen molar-refractivity contribution >= 4 is 23.1 Å². The molecule has 0 bridgehead atoms. The Kier molecular flexibility index (Phi) is 7.04. The third-order valence-corrected chi connectivity index (χ3v) is 4.55. The minimum atomic E-state index is -4.75. The highest BCUT2D eigenvalue weighted by Gasteiger charge is 2.33. The van der Waals surface area contributed by atoms with E-state index in [2.05, 4.69) is 5.32 Å². The number of anilines is 1. The zero-order valence-corrected chi connectivity index (χ0v) is 17.3. The van der Waals surface area contributed by atoms with Crippen LogP contribution in [-0.2, 0) is 15.7 Å². The lowest BCUT2D eigenvalue weighted by Crippen LogP contribution is -2.30. The predicted octanol–water partition coefficient (Wildman–Crippen LogP) is 4.77. The van der Waals surface area contributed by atoms with Gasteiger partial charge in [-0.1, -0.05) is 17.7 Å². The molecular formula is C21H21F3N2O5. The highest BCUT2D eigenvalue weighted by Crippen LogP contribution is 2.35. The lowest BCUT2D eigenvalue weighted by Gasteiger charge is -2.16. The van der Waals surface area contributed by atoms with Crippen molar-refractivity contribution in [2.75, 3.05) is 11.9 Å². The van der Waals surface area contributed by atoms with E-state index in [-0.39, 0.29) is 5.69 Å². The van der Waals surface area contributed by atoms with E-state index in [1.165, 1.54) is 6.92 Å². The maximum absolute atomic E-state index is 12.8. The normalized spacial score (nSPS) is 12.2. The monoisotopic (exact) mass is 438 g/mol. The van der Waals surface area contributed by atoms with Crippen molar-refractivity contribution in [3.63, 3.8) is 0 Å². The minimum Gasteiger partial charge on any atom is -0.456 e. The van der Waals surface area contributed by atoms with E-state index < -0.39 is 46.8 Å². The third kappa shape index (κ3) is 5.80. The van der Waals surface area contributed by atoms with E-state index >= 15 is 0 Å². The van der Waals surface area contributed by atoms with Crippen LogP contribution in [0.2, 0.25) is 0 Å². The number of Topliss-reactive ketones (excluding diaryl/α,β-unsaturated/α-hetero) is 1. The number of hydrogen-bond donors (Lipinski definition) is 1.